The van der Waals surface area contributed by atoms with E-state index in [-0.39, 0.29) is 35.8 Å². The zero-order valence-corrected chi connectivity index (χ0v) is 19.1. The smallest absolute Gasteiger partial charge is 0.223 e. The Morgan fingerprint density at radius 2 is 1.77 bits per heavy atom. The Kier molecular flexibility index (Phi) is 11.9. The molecule has 1 saturated carbocycles. The summed E-state index contributed by atoms with van der Waals surface area (Å²) in [5.74, 6) is 1.25. The van der Waals surface area contributed by atoms with Crippen molar-refractivity contribution in [3.8, 4) is 0 Å². The summed E-state index contributed by atoms with van der Waals surface area (Å²) in [6, 6.07) is 4.33. The first-order valence-electron chi connectivity index (χ1n) is 9.60. The first-order chi connectivity index (χ1) is 12.2. The van der Waals surface area contributed by atoms with E-state index >= 15 is 0 Å². The Labute approximate surface area is 178 Å². The summed E-state index contributed by atoms with van der Waals surface area (Å²) < 4.78 is 0. The number of aryl methyl sites for hydroxylation is 1. The van der Waals surface area contributed by atoms with Crippen LogP contribution in [0, 0.1) is 5.92 Å². The largest absolute Gasteiger partial charge is 0.357 e. The van der Waals surface area contributed by atoms with Crippen LogP contribution in [0.1, 0.15) is 55.7 Å². The number of halogens is 1. The van der Waals surface area contributed by atoms with Crippen LogP contribution >= 0.6 is 35.3 Å². The van der Waals surface area contributed by atoms with Crippen molar-refractivity contribution in [3.63, 3.8) is 0 Å². The van der Waals surface area contributed by atoms with Crippen molar-refractivity contribution >= 4 is 47.2 Å². The van der Waals surface area contributed by atoms with Gasteiger partial charge in [-0.05, 0) is 38.3 Å². The molecule has 0 saturated heterocycles. The summed E-state index contributed by atoms with van der Waals surface area (Å²) in [6.07, 6.45) is 6.82. The summed E-state index contributed by atoms with van der Waals surface area (Å²) >= 11 is 1.82. The summed E-state index contributed by atoms with van der Waals surface area (Å²) in [4.78, 5) is 19.4. The zero-order chi connectivity index (χ0) is 17.9. The first-order valence-corrected chi connectivity index (χ1v) is 10.4. The lowest BCUT2D eigenvalue weighted by atomic mass is 9.89. The van der Waals surface area contributed by atoms with Crippen LogP contribution in [0.4, 0.5) is 0 Å². The molecule has 1 aromatic rings. The highest BCUT2D eigenvalue weighted by atomic mass is 127. The van der Waals surface area contributed by atoms with Gasteiger partial charge in [-0.3, -0.25) is 4.79 Å². The molecule has 0 unspecified atom stereocenters. The predicted octanol–water partition coefficient (Wildman–Crippen LogP) is 3.68. The Morgan fingerprint density at radius 3 is 2.42 bits per heavy atom. The average Bonchev–Trinajstić information content (AvgIpc) is 3.11. The van der Waals surface area contributed by atoms with Gasteiger partial charge in [-0.25, -0.2) is 4.99 Å². The van der Waals surface area contributed by atoms with Crippen LogP contribution in [-0.4, -0.2) is 31.5 Å². The van der Waals surface area contributed by atoms with E-state index in [9.17, 15) is 4.79 Å². The highest BCUT2D eigenvalue weighted by molar-refractivity contribution is 14.0. The van der Waals surface area contributed by atoms with Gasteiger partial charge in [0.25, 0.3) is 0 Å². The molecule has 148 valence electrons. The van der Waals surface area contributed by atoms with Crippen molar-refractivity contribution in [2.45, 2.75) is 58.9 Å². The van der Waals surface area contributed by atoms with E-state index in [0.717, 1.165) is 31.8 Å². The molecule has 1 aliphatic carbocycles. The van der Waals surface area contributed by atoms with Gasteiger partial charge in [0.2, 0.25) is 5.91 Å². The third-order valence-corrected chi connectivity index (χ3v) is 5.71. The number of amides is 1. The second-order valence-electron chi connectivity index (χ2n) is 6.47. The van der Waals surface area contributed by atoms with Crippen molar-refractivity contribution in [3.05, 3.63) is 21.9 Å². The first kappa shape index (κ1) is 23.2. The highest BCUT2D eigenvalue weighted by Crippen LogP contribution is 2.23. The monoisotopic (exact) mass is 492 g/mol. The maximum atomic E-state index is 12.1. The lowest BCUT2D eigenvalue weighted by molar-refractivity contribution is -0.125. The van der Waals surface area contributed by atoms with Crippen LogP contribution in [0.25, 0.3) is 0 Å². The number of aliphatic imine (C=N–C) groups is 1. The number of hydrogen-bond acceptors (Lipinski definition) is 3. The Hall–Kier alpha value is -0.830. The van der Waals surface area contributed by atoms with Crippen molar-refractivity contribution in [2.24, 2.45) is 10.9 Å². The van der Waals surface area contributed by atoms with Crippen LogP contribution < -0.4 is 16.0 Å². The molecular formula is C19H33IN4OS. The molecule has 1 aliphatic rings. The van der Waals surface area contributed by atoms with Gasteiger partial charge in [0, 0.05) is 35.3 Å². The molecule has 7 heteroatoms. The van der Waals surface area contributed by atoms with Crippen molar-refractivity contribution < 1.29 is 4.79 Å². The third kappa shape index (κ3) is 8.24. The standard InChI is InChI=1S/C19H32N4OS.HI/c1-3-16-10-11-17(25-16)14-23-19(20-4-2)22-13-12-21-18(24)15-8-6-5-7-9-15;/h10-11,15H,3-9,12-14H2,1-2H3,(H,21,24)(H2,20,22,23);1H. The fourth-order valence-corrected chi connectivity index (χ4v) is 3.95. The van der Waals surface area contributed by atoms with Gasteiger partial charge >= 0.3 is 0 Å². The Morgan fingerprint density at radius 1 is 1.08 bits per heavy atom. The fraction of sp³-hybridized carbons (Fsp3) is 0.684. The lowest BCUT2D eigenvalue weighted by Crippen LogP contribution is -2.42. The molecule has 0 aliphatic heterocycles. The number of nitrogens with one attached hydrogen (secondary N) is 3. The maximum absolute atomic E-state index is 12.1. The Balaban J connectivity index is 0.00000338. The maximum Gasteiger partial charge on any atom is 0.223 e. The van der Waals surface area contributed by atoms with E-state index in [2.05, 4.69) is 46.9 Å². The number of guanidine groups is 1. The molecule has 0 radical (unpaired) electrons. The number of rotatable bonds is 8. The third-order valence-electron chi connectivity index (χ3n) is 4.50. The molecule has 5 nitrogen and oxygen atoms in total. The molecule has 26 heavy (non-hydrogen) atoms. The molecule has 1 aromatic heterocycles. The molecule has 0 atom stereocenters. The van der Waals surface area contributed by atoms with Gasteiger partial charge in [-0.1, -0.05) is 26.2 Å². The second kappa shape index (κ2) is 13.4. The summed E-state index contributed by atoms with van der Waals surface area (Å²) in [6.45, 7) is 7.07. The summed E-state index contributed by atoms with van der Waals surface area (Å²) in [7, 11) is 0. The minimum absolute atomic E-state index is 0. The quantitative estimate of drug-likeness (QED) is 0.225. The number of carbonyl (C=O) groups excluding carboxylic acids is 1. The average molecular weight is 492 g/mol. The van der Waals surface area contributed by atoms with E-state index in [0.29, 0.717) is 19.6 Å². The van der Waals surface area contributed by atoms with Crippen molar-refractivity contribution in [1.29, 1.82) is 0 Å². The van der Waals surface area contributed by atoms with E-state index in [1.807, 2.05) is 11.3 Å². The van der Waals surface area contributed by atoms with Crippen LogP contribution in [0.5, 0.6) is 0 Å². The molecule has 2 rings (SSSR count). The van der Waals surface area contributed by atoms with E-state index in [4.69, 9.17) is 0 Å². The molecule has 1 amide bonds. The summed E-state index contributed by atoms with van der Waals surface area (Å²) in [5.41, 5.74) is 0. The molecule has 1 fully saturated rings. The summed E-state index contributed by atoms with van der Waals surface area (Å²) in [5, 5.41) is 9.61. The van der Waals surface area contributed by atoms with E-state index in [1.54, 1.807) is 0 Å². The molecule has 0 bridgehead atoms. The molecule has 3 N–H and O–H groups in total. The van der Waals surface area contributed by atoms with Crippen molar-refractivity contribution in [1.82, 2.24) is 16.0 Å². The van der Waals surface area contributed by atoms with E-state index < -0.39 is 0 Å². The molecular weight excluding hydrogens is 459 g/mol. The van der Waals surface area contributed by atoms with Crippen LogP contribution in [0.15, 0.2) is 17.1 Å². The normalized spacial score (nSPS) is 15.2. The van der Waals surface area contributed by atoms with Crippen LogP contribution in [0.3, 0.4) is 0 Å². The topological polar surface area (TPSA) is 65.5 Å². The van der Waals surface area contributed by atoms with Crippen LogP contribution in [-0.2, 0) is 17.8 Å². The Bertz CT molecular complexity index is 555. The van der Waals surface area contributed by atoms with Gasteiger partial charge in [0.15, 0.2) is 5.96 Å². The zero-order valence-electron chi connectivity index (χ0n) is 16.0. The van der Waals surface area contributed by atoms with Crippen molar-refractivity contribution in [2.75, 3.05) is 19.6 Å². The van der Waals surface area contributed by atoms with Crippen LogP contribution in [0.2, 0.25) is 0 Å². The predicted molar refractivity (Wildman–Crippen MR) is 122 cm³/mol. The molecule has 0 aromatic carbocycles. The van der Waals surface area contributed by atoms with Gasteiger partial charge in [0.1, 0.15) is 0 Å². The molecule has 1 heterocycles. The van der Waals surface area contributed by atoms with Gasteiger partial charge in [-0.2, -0.15) is 0 Å². The molecule has 0 spiro atoms. The highest BCUT2D eigenvalue weighted by Gasteiger charge is 2.20. The fourth-order valence-electron chi connectivity index (χ4n) is 3.07. The SMILES string of the molecule is CCNC(=NCc1ccc(CC)s1)NCCNC(=O)C1CCCCC1.I. The minimum atomic E-state index is 0. The minimum Gasteiger partial charge on any atom is -0.357 e. The van der Waals surface area contributed by atoms with E-state index in [1.165, 1.54) is 29.0 Å². The van der Waals surface area contributed by atoms with Gasteiger partial charge in [-0.15, -0.1) is 35.3 Å². The number of nitrogens with zero attached hydrogens (tertiary/aromatic N) is 1. The van der Waals surface area contributed by atoms with Gasteiger partial charge < -0.3 is 16.0 Å². The number of thiophene rings is 1. The lowest BCUT2D eigenvalue weighted by Gasteiger charge is -2.21. The number of hydrogen-bond donors (Lipinski definition) is 3. The number of carbonyl (C=O) groups is 1. The second-order valence-corrected chi connectivity index (χ2v) is 7.72. The van der Waals surface area contributed by atoms with Gasteiger partial charge in [0.05, 0.1) is 6.54 Å².